The molecule has 1 amide bonds. The van der Waals surface area contributed by atoms with Crippen molar-refractivity contribution in [3.8, 4) is 0 Å². The van der Waals surface area contributed by atoms with E-state index in [-0.39, 0.29) is 11.9 Å². The van der Waals surface area contributed by atoms with Crippen LogP contribution in [0.2, 0.25) is 0 Å². The number of aromatic amines is 1. The van der Waals surface area contributed by atoms with Gasteiger partial charge in [0.05, 0.1) is 6.04 Å². The zero-order valence-corrected chi connectivity index (χ0v) is 13.3. The number of carbonyl (C=O) groups excluding carboxylic acids is 1. The van der Waals surface area contributed by atoms with Crippen molar-refractivity contribution < 1.29 is 4.79 Å². The zero-order chi connectivity index (χ0) is 15.4. The standard InChI is InChI=1S/C15H26N6O/c1-2-13(14(22)18-12-5-3-4-6-12)20-7-9-21(10-8-20)15-16-11-17-19-15/h11-13H,2-10H2,1H3,(H,18,22)(H,16,17,19)/t13-/m1/s1. The number of nitrogens with zero attached hydrogens (tertiary/aromatic N) is 4. The highest BCUT2D eigenvalue weighted by Crippen LogP contribution is 2.19. The van der Waals surface area contributed by atoms with Gasteiger partial charge in [-0.05, 0) is 19.3 Å². The second-order valence-electron chi connectivity index (χ2n) is 6.25. The highest BCUT2D eigenvalue weighted by atomic mass is 16.2. The average molecular weight is 306 g/mol. The van der Waals surface area contributed by atoms with Crippen LogP contribution in [0.1, 0.15) is 39.0 Å². The van der Waals surface area contributed by atoms with Crippen molar-refractivity contribution in [2.24, 2.45) is 0 Å². The minimum absolute atomic E-state index is 0.00234. The number of nitrogens with one attached hydrogen (secondary N) is 2. The van der Waals surface area contributed by atoms with Gasteiger partial charge >= 0.3 is 0 Å². The second-order valence-corrected chi connectivity index (χ2v) is 6.25. The van der Waals surface area contributed by atoms with E-state index < -0.39 is 0 Å². The average Bonchev–Trinajstić information content (AvgIpc) is 3.22. The Kier molecular flexibility index (Phi) is 4.92. The predicted molar refractivity (Wildman–Crippen MR) is 84.6 cm³/mol. The SMILES string of the molecule is CC[C@H](C(=O)NC1CCCC1)N1CCN(c2ncn[nH]2)CC1. The Morgan fingerprint density at radius 2 is 2.09 bits per heavy atom. The Balaban J connectivity index is 1.52. The van der Waals surface area contributed by atoms with Crippen LogP contribution in [-0.2, 0) is 4.79 Å². The van der Waals surface area contributed by atoms with Crippen LogP contribution in [0.5, 0.6) is 0 Å². The van der Waals surface area contributed by atoms with E-state index in [9.17, 15) is 4.79 Å². The van der Waals surface area contributed by atoms with Crippen molar-refractivity contribution >= 4 is 11.9 Å². The molecule has 1 aromatic heterocycles. The smallest absolute Gasteiger partial charge is 0.237 e. The lowest BCUT2D eigenvalue weighted by molar-refractivity contribution is -0.127. The molecule has 0 aromatic carbocycles. The number of carbonyl (C=O) groups is 1. The van der Waals surface area contributed by atoms with Gasteiger partial charge in [-0.25, -0.2) is 5.10 Å². The normalized spacial score (nSPS) is 22.0. The molecule has 0 bridgehead atoms. The van der Waals surface area contributed by atoms with E-state index in [2.05, 4.69) is 37.2 Å². The van der Waals surface area contributed by atoms with Crippen LogP contribution in [0.25, 0.3) is 0 Å². The maximum absolute atomic E-state index is 12.5. The summed E-state index contributed by atoms with van der Waals surface area (Å²) in [4.78, 5) is 21.2. The summed E-state index contributed by atoms with van der Waals surface area (Å²) in [7, 11) is 0. The number of piperazine rings is 1. The van der Waals surface area contributed by atoms with Crippen molar-refractivity contribution in [3.63, 3.8) is 0 Å². The van der Waals surface area contributed by atoms with Crippen LogP contribution < -0.4 is 10.2 Å². The molecule has 122 valence electrons. The summed E-state index contributed by atoms with van der Waals surface area (Å²) in [6, 6.07) is 0.398. The number of hydrogen-bond donors (Lipinski definition) is 2. The van der Waals surface area contributed by atoms with E-state index >= 15 is 0 Å². The number of H-pyrrole nitrogens is 1. The van der Waals surface area contributed by atoms with E-state index in [1.54, 1.807) is 0 Å². The number of anilines is 1. The topological polar surface area (TPSA) is 77.2 Å². The molecule has 1 aromatic rings. The molecule has 2 heterocycles. The van der Waals surface area contributed by atoms with Gasteiger partial charge in [-0.2, -0.15) is 10.1 Å². The molecular formula is C15H26N6O. The van der Waals surface area contributed by atoms with Gasteiger partial charge in [-0.3, -0.25) is 9.69 Å². The van der Waals surface area contributed by atoms with E-state index in [0.717, 1.165) is 51.4 Å². The van der Waals surface area contributed by atoms with Crippen LogP contribution in [0.4, 0.5) is 5.95 Å². The summed E-state index contributed by atoms with van der Waals surface area (Å²) in [6.07, 6.45) is 7.17. The first-order valence-electron chi connectivity index (χ1n) is 8.42. The molecule has 0 radical (unpaired) electrons. The summed E-state index contributed by atoms with van der Waals surface area (Å²) in [5, 5.41) is 10.0. The first kappa shape index (κ1) is 15.3. The molecule has 1 aliphatic carbocycles. The summed E-state index contributed by atoms with van der Waals surface area (Å²) in [5.74, 6) is 1.03. The first-order chi connectivity index (χ1) is 10.8. The van der Waals surface area contributed by atoms with Crippen molar-refractivity contribution in [3.05, 3.63) is 6.33 Å². The minimum atomic E-state index is -0.00234. The van der Waals surface area contributed by atoms with Gasteiger partial charge in [0.1, 0.15) is 6.33 Å². The van der Waals surface area contributed by atoms with Gasteiger partial charge in [-0.15, -0.1) is 0 Å². The number of hydrogen-bond acceptors (Lipinski definition) is 5. The molecule has 0 unspecified atom stereocenters. The fourth-order valence-electron chi connectivity index (χ4n) is 3.57. The van der Waals surface area contributed by atoms with Crippen LogP contribution in [0.15, 0.2) is 6.33 Å². The lowest BCUT2D eigenvalue weighted by Crippen LogP contribution is -2.56. The van der Waals surface area contributed by atoms with E-state index in [4.69, 9.17) is 0 Å². The quantitative estimate of drug-likeness (QED) is 0.840. The summed E-state index contributed by atoms with van der Waals surface area (Å²) in [6.45, 7) is 5.63. The minimum Gasteiger partial charge on any atom is -0.352 e. The molecule has 2 N–H and O–H groups in total. The molecule has 3 rings (SSSR count). The van der Waals surface area contributed by atoms with Crippen LogP contribution >= 0.6 is 0 Å². The van der Waals surface area contributed by atoms with Crippen molar-refractivity contribution in [1.82, 2.24) is 25.4 Å². The summed E-state index contributed by atoms with van der Waals surface area (Å²) in [5.41, 5.74) is 0. The Bertz CT molecular complexity index is 462. The lowest BCUT2D eigenvalue weighted by atomic mass is 10.1. The maximum atomic E-state index is 12.5. The summed E-state index contributed by atoms with van der Waals surface area (Å²) >= 11 is 0. The Labute approximate surface area is 131 Å². The highest BCUT2D eigenvalue weighted by Gasteiger charge is 2.30. The van der Waals surface area contributed by atoms with Gasteiger partial charge in [0.15, 0.2) is 0 Å². The third kappa shape index (κ3) is 3.40. The van der Waals surface area contributed by atoms with Gasteiger partial charge in [0, 0.05) is 32.2 Å². The molecule has 2 aliphatic rings. The van der Waals surface area contributed by atoms with Crippen molar-refractivity contribution in [2.45, 2.75) is 51.1 Å². The van der Waals surface area contributed by atoms with E-state index in [0.29, 0.717) is 6.04 Å². The van der Waals surface area contributed by atoms with Gasteiger partial charge < -0.3 is 10.2 Å². The predicted octanol–water partition coefficient (Wildman–Crippen LogP) is 0.764. The Morgan fingerprint density at radius 1 is 1.36 bits per heavy atom. The molecule has 1 aliphatic heterocycles. The fraction of sp³-hybridized carbons (Fsp3) is 0.800. The first-order valence-corrected chi connectivity index (χ1v) is 8.42. The molecule has 0 spiro atoms. The second kappa shape index (κ2) is 7.09. The Hall–Kier alpha value is -1.63. The van der Waals surface area contributed by atoms with E-state index in [1.807, 2.05) is 0 Å². The zero-order valence-electron chi connectivity index (χ0n) is 13.3. The number of rotatable bonds is 5. The monoisotopic (exact) mass is 306 g/mol. The van der Waals surface area contributed by atoms with Gasteiger partial charge in [0.2, 0.25) is 11.9 Å². The molecule has 7 nitrogen and oxygen atoms in total. The van der Waals surface area contributed by atoms with Crippen molar-refractivity contribution in [2.75, 3.05) is 31.1 Å². The molecule has 1 saturated carbocycles. The van der Waals surface area contributed by atoms with Gasteiger partial charge in [0.25, 0.3) is 0 Å². The Morgan fingerprint density at radius 3 is 2.68 bits per heavy atom. The van der Waals surface area contributed by atoms with Crippen LogP contribution in [0.3, 0.4) is 0 Å². The van der Waals surface area contributed by atoms with Crippen LogP contribution in [-0.4, -0.2) is 64.3 Å². The molecule has 22 heavy (non-hydrogen) atoms. The largest absolute Gasteiger partial charge is 0.352 e. The third-order valence-corrected chi connectivity index (χ3v) is 4.85. The third-order valence-electron chi connectivity index (χ3n) is 4.85. The molecular weight excluding hydrogens is 280 g/mol. The van der Waals surface area contributed by atoms with E-state index in [1.165, 1.54) is 19.2 Å². The lowest BCUT2D eigenvalue weighted by Gasteiger charge is -2.38. The maximum Gasteiger partial charge on any atom is 0.237 e. The molecule has 7 heteroatoms. The van der Waals surface area contributed by atoms with Gasteiger partial charge in [-0.1, -0.05) is 19.8 Å². The number of amides is 1. The molecule has 1 saturated heterocycles. The molecule has 2 fully saturated rings. The summed E-state index contributed by atoms with van der Waals surface area (Å²) < 4.78 is 0. The highest BCUT2D eigenvalue weighted by molar-refractivity contribution is 5.82. The van der Waals surface area contributed by atoms with Crippen LogP contribution in [0, 0.1) is 0 Å². The molecule has 1 atom stereocenters. The fourth-order valence-corrected chi connectivity index (χ4v) is 3.57. The van der Waals surface area contributed by atoms with Crippen molar-refractivity contribution in [1.29, 1.82) is 0 Å². The number of aromatic nitrogens is 3.